The number of nitrogens with two attached hydrogens (primary N) is 1. The lowest BCUT2D eigenvalue weighted by atomic mass is 10.1. The van der Waals surface area contributed by atoms with Gasteiger partial charge in [0.15, 0.2) is 5.84 Å². The Morgan fingerprint density at radius 3 is 1.72 bits per heavy atom. The van der Waals surface area contributed by atoms with E-state index in [9.17, 15) is 0 Å². The summed E-state index contributed by atoms with van der Waals surface area (Å²) in [6.45, 7) is 0. The summed E-state index contributed by atoms with van der Waals surface area (Å²) in [6.07, 6.45) is 0. The van der Waals surface area contributed by atoms with Gasteiger partial charge in [0, 0.05) is 11.1 Å². The molecule has 0 amide bonds. The molecule has 3 nitrogen and oxygen atoms in total. The molecule has 0 bridgehead atoms. The second kappa shape index (κ2) is 6.21. The number of aliphatic imine (C=N–C) groups is 1. The van der Waals surface area contributed by atoms with Crippen LogP contribution in [0.2, 0.25) is 0 Å². The third-order valence-corrected chi connectivity index (χ3v) is 4.30. The van der Waals surface area contributed by atoms with E-state index >= 15 is 0 Å². The summed E-state index contributed by atoms with van der Waals surface area (Å²) in [4.78, 5) is 4.31. The van der Waals surface area contributed by atoms with Crippen LogP contribution in [-0.2, 0) is 0 Å². The fraction of sp³-hybridized carbons (Fsp3) is 0. The Bertz CT molecular complexity index is 1130. The van der Waals surface area contributed by atoms with Crippen LogP contribution < -0.4 is 5.73 Å². The topological polar surface area (TPSA) is 62.2 Å². The molecule has 0 saturated heterocycles. The molecule has 0 aliphatic rings. The quantitative estimate of drug-likeness (QED) is 0.407. The lowest BCUT2D eigenvalue weighted by molar-refractivity contribution is 1.40. The van der Waals surface area contributed by atoms with Gasteiger partial charge in [-0.05, 0) is 33.7 Å². The van der Waals surface area contributed by atoms with Crippen LogP contribution >= 0.6 is 0 Å². The van der Waals surface area contributed by atoms with Gasteiger partial charge in [-0.1, -0.05) is 72.8 Å². The summed E-state index contributed by atoms with van der Waals surface area (Å²) in [5.41, 5.74) is 7.72. The van der Waals surface area contributed by atoms with Gasteiger partial charge in [0.25, 0.3) is 0 Å². The van der Waals surface area contributed by atoms with Crippen LogP contribution in [0, 0.1) is 5.41 Å². The maximum absolute atomic E-state index is 8.28. The molecule has 4 rings (SSSR count). The SMILES string of the molecule is N=C(/N=C(\N)c1ccc2ccccc2c1)c1ccc2ccccc2c1. The molecule has 0 aromatic heterocycles. The summed E-state index contributed by atoms with van der Waals surface area (Å²) in [5.74, 6) is 0.514. The van der Waals surface area contributed by atoms with E-state index in [-0.39, 0.29) is 5.84 Å². The maximum atomic E-state index is 8.28. The van der Waals surface area contributed by atoms with Gasteiger partial charge in [-0.3, -0.25) is 5.41 Å². The predicted molar refractivity (Wildman–Crippen MR) is 105 cm³/mol. The summed E-state index contributed by atoms with van der Waals surface area (Å²) >= 11 is 0. The number of hydrogen-bond donors (Lipinski definition) is 2. The third kappa shape index (κ3) is 3.00. The molecule has 25 heavy (non-hydrogen) atoms. The average molecular weight is 323 g/mol. The highest BCUT2D eigenvalue weighted by Gasteiger charge is 2.05. The molecule has 4 aromatic carbocycles. The van der Waals surface area contributed by atoms with E-state index in [1.807, 2.05) is 72.8 Å². The molecule has 0 heterocycles. The van der Waals surface area contributed by atoms with Gasteiger partial charge in [0.2, 0.25) is 0 Å². The van der Waals surface area contributed by atoms with Gasteiger partial charge in [-0.15, -0.1) is 0 Å². The lowest BCUT2D eigenvalue weighted by Crippen LogP contribution is -2.15. The number of fused-ring (bicyclic) bond motifs is 2. The Labute approximate surface area is 146 Å². The maximum Gasteiger partial charge on any atom is 0.154 e. The van der Waals surface area contributed by atoms with Gasteiger partial charge in [-0.25, -0.2) is 4.99 Å². The molecule has 3 N–H and O–H groups in total. The highest BCUT2D eigenvalue weighted by Crippen LogP contribution is 2.18. The van der Waals surface area contributed by atoms with Crippen LogP contribution in [0.4, 0.5) is 0 Å². The Balaban J connectivity index is 1.68. The second-order valence-corrected chi connectivity index (χ2v) is 5.97. The van der Waals surface area contributed by atoms with Crippen LogP contribution in [0.1, 0.15) is 11.1 Å². The standard InChI is InChI=1S/C22H17N3/c23-21(19-11-9-15-5-1-3-7-17(15)13-19)25-22(24)20-12-10-16-6-2-4-8-18(16)14-20/h1-14H,(H3,23,24,25). The van der Waals surface area contributed by atoms with Crippen molar-refractivity contribution in [1.82, 2.24) is 0 Å². The number of nitrogens with one attached hydrogen (secondary N) is 1. The number of benzene rings is 4. The minimum atomic E-state index is 0.163. The Morgan fingerprint density at radius 1 is 0.640 bits per heavy atom. The molecule has 4 aromatic rings. The van der Waals surface area contributed by atoms with Crippen molar-refractivity contribution in [3.05, 3.63) is 96.1 Å². The minimum absolute atomic E-state index is 0.163. The fourth-order valence-corrected chi connectivity index (χ4v) is 2.93. The first-order valence-electron chi connectivity index (χ1n) is 8.12. The van der Waals surface area contributed by atoms with Crippen LogP contribution in [0.25, 0.3) is 21.5 Å². The highest BCUT2D eigenvalue weighted by molar-refractivity contribution is 6.11. The lowest BCUT2D eigenvalue weighted by Gasteiger charge is -2.06. The average Bonchev–Trinajstić information content (AvgIpc) is 2.67. The zero-order chi connectivity index (χ0) is 17.2. The molecule has 0 radical (unpaired) electrons. The normalized spacial score (nSPS) is 11.8. The van der Waals surface area contributed by atoms with Crippen molar-refractivity contribution in [2.75, 3.05) is 0 Å². The molecule has 0 aliphatic heterocycles. The van der Waals surface area contributed by atoms with E-state index in [2.05, 4.69) is 17.1 Å². The van der Waals surface area contributed by atoms with Crippen LogP contribution in [0.15, 0.2) is 89.9 Å². The van der Waals surface area contributed by atoms with Gasteiger partial charge >= 0.3 is 0 Å². The van der Waals surface area contributed by atoms with Crippen LogP contribution in [0.5, 0.6) is 0 Å². The number of amidine groups is 2. The van der Waals surface area contributed by atoms with Crippen LogP contribution in [-0.4, -0.2) is 11.7 Å². The highest BCUT2D eigenvalue weighted by atomic mass is 14.9. The predicted octanol–water partition coefficient (Wildman–Crippen LogP) is 4.72. The molecule has 3 heteroatoms. The van der Waals surface area contributed by atoms with E-state index in [0.29, 0.717) is 5.84 Å². The van der Waals surface area contributed by atoms with E-state index < -0.39 is 0 Å². The van der Waals surface area contributed by atoms with Gasteiger partial charge in [0.05, 0.1) is 0 Å². The third-order valence-electron chi connectivity index (χ3n) is 4.30. The molecule has 0 atom stereocenters. The smallest absolute Gasteiger partial charge is 0.154 e. The number of hydrogen-bond acceptors (Lipinski definition) is 1. The molecular weight excluding hydrogens is 306 g/mol. The first-order chi connectivity index (χ1) is 12.2. The van der Waals surface area contributed by atoms with Crippen molar-refractivity contribution >= 4 is 33.2 Å². The van der Waals surface area contributed by atoms with E-state index in [1.54, 1.807) is 0 Å². The summed E-state index contributed by atoms with van der Waals surface area (Å²) in [7, 11) is 0. The molecule has 120 valence electrons. The van der Waals surface area contributed by atoms with E-state index in [0.717, 1.165) is 32.7 Å². The Morgan fingerprint density at radius 2 is 1.12 bits per heavy atom. The van der Waals surface area contributed by atoms with Crippen molar-refractivity contribution < 1.29 is 0 Å². The van der Waals surface area contributed by atoms with Gasteiger partial charge in [-0.2, -0.15) is 0 Å². The van der Waals surface area contributed by atoms with E-state index in [1.165, 1.54) is 0 Å². The Hall–Kier alpha value is -3.46. The Kier molecular flexibility index (Phi) is 3.75. The van der Waals surface area contributed by atoms with Crippen molar-refractivity contribution in [1.29, 1.82) is 5.41 Å². The number of nitrogens with zero attached hydrogens (tertiary/aromatic N) is 1. The summed E-state index contributed by atoms with van der Waals surface area (Å²) in [6, 6.07) is 28.0. The van der Waals surface area contributed by atoms with Gasteiger partial charge in [0.1, 0.15) is 5.84 Å². The first kappa shape index (κ1) is 15.1. The molecule has 0 spiro atoms. The zero-order valence-electron chi connectivity index (χ0n) is 13.6. The van der Waals surface area contributed by atoms with Crippen molar-refractivity contribution in [2.45, 2.75) is 0 Å². The minimum Gasteiger partial charge on any atom is -0.383 e. The first-order valence-corrected chi connectivity index (χ1v) is 8.12. The number of rotatable bonds is 2. The van der Waals surface area contributed by atoms with Crippen molar-refractivity contribution in [3.63, 3.8) is 0 Å². The largest absolute Gasteiger partial charge is 0.383 e. The molecular formula is C22H17N3. The monoisotopic (exact) mass is 323 g/mol. The fourth-order valence-electron chi connectivity index (χ4n) is 2.93. The van der Waals surface area contributed by atoms with E-state index in [4.69, 9.17) is 11.1 Å². The van der Waals surface area contributed by atoms with Crippen molar-refractivity contribution in [3.8, 4) is 0 Å². The molecule has 0 saturated carbocycles. The van der Waals surface area contributed by atoms with Gasteiger partial charge < -0.3 is 5.73 Å². The summed E-state index contributed by atoms with van der Waals surface area (Å²) in [5, 5.41) is 12.8. The van der Waals surface area contributed by atoms with Crippen molar-refractivity contribution in [2.24, 2.45) is 10.7 Å². The second-order valence-electron chi connectivity index (χ2n) is 5.97. The molecule has 0 aliphatic carbocycles. The molecule has 0 unspecified atom stereocenters. The van der Waals surface area contributed by atoms with Crippen LogP contribution in [0.3, 0.4) is 0 Å². The molecule has 0 fully saturated rings. The summed E-state index contributed by atoms with van der Waals surface area (Å²) < 4.78 is 0. The zero-order valence-corrected chi connectivity index (χ0v) is 13.6.